The van der Waals surface area contributed by atoms with E-state index in [0.29, 0.717) is 11.5 Å². The number of hydrogen-bond donors (Lipinski definition) is 1. The van der Waals surface area contributed by atoms with Crippen molar-refractivity contribution in [2.75, 3.05) is 6.54 Å². The van der Waals surface area contributed by atoms with E-state index < -0.39 is 0 Å². The van der Waals surface area contributed by atoms with Gasteiger partial charge in [-0.1, -0.05) is 19.1 Å². The summed E-state index contributed by atoms with van der Waals surface area (Å²) >= 11 is 0. The molecule has 1 aliphatic heterocycles. The zero-order chi connectivity index (χ0) is 11.4. The molecule has 0 radical (unpaired) electrons. The first-order chi connectivity index (χ1) is 7.77. The zero-order valence-corrected chi connectivity index (χ0v) is 9.44. The molecule has 1 N–H and O–H groups in total. The zero-order valence-electron chi connectivity index (χ0n) is 9.44. The lowest BCUT2D eigenvalue weighted by molar-refractivity contribution is 0.0952. The quantitative estimate of drug-likeness (QED) is 0.711. The number of amides is 1. The van der Waals surface area contributed by atoms with Crippen LogP contribution in [0, 0.1) is 5.92 Å². The molecule has 1 unspecified atom stereocenters. The lowest BCUT2D eigenvalue weighted by atomic mass is 10.0. The highest BCUT2D eigenvalue weighted by Crippen LogP contribution is 2.19. The maximum absolute atomic E-state index is 11.8. The molecule has 1 heterocycles. The minimum atomic E-state index is -0.0261. The number of para-hydroxylation sites is 1. The topological polar surface area (TPSA) is 41.5 Å². The van der Waals surface area contributed by atoms with Crippen molar-refractivity contribution in [3.05, 3.63) is 29.8 Å². The molecule has 16 heavy (non-hydrogen) atoms. The highest BCUT2D eigenvalue weighted by atomic mass is 16.1. The fraction of sp³-hybridized carbons (Fsp3) is 0.385. The number of aliphatic imine (C=N–C) groups is 1. The number of carbonyl (C=O) groups excluding carboxylic acids is 1. The van der Waals surface area contributed by atoms with E-state index >= 15 is 0 Å². The summed E-state index contributed by atoms with van der Waals surface area (Å²) in [6.45, 7) is 2.91. The summed E-state index contributed by atoms with van der Waals surface area (Å²) < 4.78 is 0. The molecule has 1 aromatic carbocycles. The first-order valence-corrected chi connectivity index (χ1v) is 5.67. The minimum Gasteiger partial charge on any atom is -0.352 e. The second-order valence-corrected chi connectivity index (χ2v) is 4.21. The van der Waals surface area contributed by atoms with Gasteiger partial charge in [-0.05, 0) is 30.9 Å². The van der Waals surface area contributed by atoms with Crippen LogP contribution >= 0.6 is 0 Å². The average Bonchev–Trinajstić information content (AvgIpc) is 2.29. The average molecular weight is 216 g/mol. The molecule has 0 saturated heterocycles. The van der Waals surface area contributed by atoms with Gasteiger partial charge in [0.25, 0.3) is 5.91 Å². The molecule has 0 bridgehead atoms. The monoisotopic (exact) mass is 216 g/mol. The van der Waals surface area contributed by atoms with Crippen LogP contribution in [0.3, 0.4) is 0 Å². The van der Waals surface area contributed by atoms with Gasteiger partial charge >= 0.3 is 0 Å². The van der Waals surface area contributed by atoms with Crippen LogP contribution in [-0.4, -0.2) is 18.7 Å². The number of nitrogens with zero attached hydrogens (tertiary/aromatic N) is 1. The molecule has 0 saturated carbocycles. The smallest absolute Gasteiger partial charge is 0.253 e. The Hall–Kier alpha value is -1.64. The van der Waals surface area contributed by atoms with Crippen molar-refractivity contribution in [2.45, 2.75) is 19.8 Å². The Labute approximate surface area is 95.6 Å². The molecule has 0 fully saturated rings. The Morgan fingerprint density at radius 2 is 2.19 bits per heavy atom. The minimum absolute atomic E-state index is 0.0261. The van der Waals surface area contributed by atoms with Gasteiger partial charge in [0.2, 0.25) is 0 Å². The normalized spacial score (nSPS) is 23.1. The molecule has 1 atom stereocenters. The molecule has 0 spiro atoms. The van der Waals surface area contributed by atoms with Crippen LogP contribution in [0.4, 0.5) is 5.69 Å². The Bertz CT molecular complexity index is 412. The van der Waals surface area contributed by atoms with Crippen molar-refractivity contribution in [1.82, 2.24) is 5.32 Å². The van der Waals surface area contributed by atoms with Crippen molar-refractivity contribution >= 4 is 17.8 Å². The predicted octanol–water partition coefficient (Wildman–Crippen LogP) is 2.55. The molecular weight excluding hydrogens is 200 g/mol. The SMILES string of the molecule is CC1C/C=N\c2ccccc2C(=O)NCC1. The first-order valence-electron chi connectivity index (χ1n) is 5.67. The van der Waals surface area contributed by atoms with Gasteiger partial charge in [-0.25, -0.2) is 0 Å². The Balaban J connectivity index is 2.32. The van der Waals surface area contributed by atoms with Crippen LogP contribution in [0.5, 0.6) is 0 Å². The Morgan fingerprint density at radius 1 is 1.38 bits per heavy atom. The van der Waals surface area contributed by atoms with E-state index in [1.54, 1.807) is 0 Å². The van der Waals surface area contributed by atoms with Crippen molar-refractivity contribution in [3.8, 4) is 0 Å². The summed E-state index contributed by atoms with van der Waals surface area (Å²) in [5, 5.41) is 2.93. The molecule has 1 aromatic rings. The van der Waals surface area contributed by atoms with Crippen LogP contribution in [0.1, 0.15) is 30.1 Å². The Kier molecular flexibility index (Phi) is 3.34. The van der Waals surface area contributed by atoms with Gasteiger partial charge in [0.1, 0.15) is 0 Å². The summed E-state index contributed by atoms with van der Waals surface area (Å²) in [6, 6.07) is 7.45. The second-order valence-electron chi connectivity index (χ2n) is 4.21. The summed E-state index contributed by atoms with van der Waals surface area (Å²) in [5.41, 5.74) is 1.42. The van der Waals surface area contributed by atoms with Crippen LogP contribution in [0.2, 0.25) is 0 Å². The van der Waals surface area contributed by atoms with Crippen LogP contribution < -0.4 is 5.32 Å². The molecule has 0 aliphatic carbocycles. The molecule has 3 heteroatoms. The fourth-order valence-corrected chi connectivity index (χ4v) is 1.75. The summed E-state index contributed by atoms with van der Waals surface area (Å²) in [4.78, 5) is 16.2. The van der Waals surface area contributed by atoms with Gasteiger partial charge in [-0.15, -0.1) is 0 Å². The maximum atomic E-state index is 11.8. The van der Waals surface area contributed by atoms with Crippen molar-refractivity contribution < 1.29 is 4.79 Å². The van der Waals surface area contributed by atoms with E-state index in [2.05, 4.69) is 17.2 Å². The molecule has 1 amide bonds. The van der Waals surface area contributed by atoms with Gasteiger partial charge in [-0.2, -0.15) is 0 Å². The van der Waals surface area contributed by atoms with Gasteiger partial charge < -0.3 is 5.32 Å². The fourth-order valence-electron chi connectivity index (χ4n) is 1.75. The number of rotatable bonds is 0. The number of carbonyl (C=O) groups is 1. The van der Waals surface area contributed by atoms with Crippen LogP contribution in [-0.2, 0) is 0 Å². The lowest BCUT2D eigenvalue weighted by Gasteiger charge is -2.12. The lowest BCUT2D eigenvalue weighted by Crippen LogP contribution is -2.26. The third-order valence-corrected chi connectivity index (χ3v) is 2.81. The van der Waals surface area contributed by atoms with Gasteiger partial charge in [0.05, 0.1) is 11.3 Å². The van der Waals surface area contributed by atoms with Crippen LogP contribution in [0.25, 0.3) is 0 Å². The predicted molar refractivity (Wildman–Crippen MR) is 65.3 cm³/mol. The molecule has 1 aliphatic rings. The summed E-state index contributed by atoms with van der Waals surface area (Å²) in [7, 11) is 0. The Morgan fingerprint density at radius 3 is 3.06 bits per heavy atom. The van der Waals surface area contributed by atoms with E-state index in [1.165, 1.54) is 0 Å². The third-order valence-electron chi connectivity index (χ3n) is 2.81. The number of benzene rings is 1. The first kappa shape index (κ1) is 10.9. The highest BCUT2D eigenvalue weighted by Gasteiger charge is 2.11. The van der Waals surface area contributed by atoms with E-state index in [0.717, 1.165) is 25.1 Å². The molecular formula is C13H16N2O. The standard InChI is InChI=1S/C13H16N2O/c1-10-6-8-14-12-5-3-2-4-11(12)13(16)15-9-7-10/h2-5,8,10H,6-7,9H2,1H3,(H,15,16)/b14-8-. The van der Waals surface area contributed by atoms with E-state index in [-0.39, 0.29) is 5.91 Å². The van der Waals surface area contributed by atoms with Gasteiger partial charge in [0.15, 0.2) is 0 Å². The molecule has 84 valence electrons. The molecule has 3 nitrogen and oxygen atoms in total. The van der Waals surface area contributed by atoms with Crippen LogP contribution in [0.15, 0.2) is 29.3 Å². The maximum Gasteiger partial charge on any atom is 0.253 e. The van der Waals surface area contributed by atoms with Crippen molar-refractivity contribution in [2.24, 2.45) is 10.9 Å². The summed E-state index contributed by atoms with van der Waals surface area (Å²) in [6.07, 6.45) is 3.88. The van der Waals surface area contributed by atoms with Crippen molar-refractivity contribution in [3.63, 3.8) is 0 Å². The van der Waals surface area contributed by atoms with Gasteiger partial charge in [-0.3, -0.25) is 9.79 Å². The summed E-state index contributed by atoms with van der Waals surface area (Å²) in [5.74, 6) is 0.538. The van der Waals surface area contributed by atoms with E-state index in [9.17, 15) is 4.79 Å². The van der Waals surface area contributed by atoms with Gasteiger partial charge in [0, 0.05) is 12.8 Å². The van der Waals surface area contributed by atoms with E-state index in [1.807, 2.05) is 30.5 Å². The second kappa shape index (κ2) is 4.92. The van der Waals surface area contributed by atoms with E-state index in [4.69, 9.17) is 0 Å². The number of hydrogen-bond acceptors (Lipinski definition) is 2. The highest BCUT2D eigenvalue weighted by molar-refractivity contribution is 5.99. The number of fused-ring (bicyclic) bond motifs is 1. The number of nitrogens with one attached hydrogen (secondary N) is 1. The third kappa shape index (κ3) is 2.48. The molecule has 2 rings (SSSR count). The largest absolute Gasteiger partial charge is 0.352 e. The molecule has 0 aromatic heterocycles. The van der Waals surface area contributed by atoms with Crippen molar-refractivity contribution in [1.29, 1.82) is 0 Å².